The summed E-state index contributed by atoms with van der Waals surface area (Å²) in [6, 6.07) is 0. The summed E-state index contributed by atoms with van der Waals surface area (Å²) in [5.41, 5.74) is 8.37. The Morgan fingerprint density at radius 1 is 1.69 bits per heavy atom. The van der Waals surface area contributed by atoms with Crippen molar-refractivity contribution in [2.24, 2.45) is 17.6 Å². The lowest BCUT2D eigenvalue weighted by atomic mass is 9.78. The summed E-state index contributed by atoms with van der Waals surface area (Å²) in [5.74, 6) is 1.58. The summed E-state index contributed by atoms with van der Waals surface area (Å²) in [5, 5.41) is 0. The van der Waals surface area contributed by atoms with Gasteiger partial charge in [0.1, 0.15) is 0 Å². The third-order valence-corrected chi connectivity index (χ3v) is 2.88. The van der Waals surface area contributed by atoms with E-state index in [1.807, 2.05) is 0 Å². The van der Waals surface area contributed by atoms with Crippen molar-refractivity contribution in [1.29, 1.82) is 0 Å². The van der Waals surface area contributed by atoms with Gasteiger partial charge in [0, 0.05) is 0 Å². The first-order valence-electron chi connectivity index (χ1n) is 5.21. The van der Waals surface area contributed by atoms with Gasteiger partial charge in [-0.25, -0.2) is 0 Å². The monoisotopic (exact) mass is 179 g/mol. The molecule has 0 saturated heterocycles. The molecule has 1 aliphatic carbocycles. The van der Waals surface area contributed by atoms with Gasteiger partial charge < -0.3 is 5.73 Å². The predicted molar refractivity (Wildman–Crippen MR) is 58.2 cm³/mol. The van der Waals surface area contributed by atoms with Crippen molar-refractivity contribution in [3.63, 3.8) is 0 Å². The van der Waals surface area contributed by atoms with Gasteiger partial charge in [0.05, 0.1) is 0 Å². The van der Waals surface area contributed by atoms with E-state index in [1.54, 1.807) is 11.8 Å². The van der Waals surface area contributed by atoms with Gasteiger partial charge in [-0.1, -0.05) is 31.1 Å². The molecule has 0 radical (unpaired) electrons. The van der Waals surface area contributed by atoms with Crippen molar-refractivity contribution < 1.29 is 0 Å². The van der Waals surface area contributed by atoms with Crippen LogP contribution in [0.4, 0.5) is 0 Å². The predicted octanol–water partition coefficient (Wildman–Crippen LogP) is 3.23. The number of hydrogen-bond acceptors (Lipinski definition) is 1. The van der Waals surface area contributed by atoms with E-state index in [0.29, 0.717) is 0 Å². The van der Waals surface area contributed by atoms with Gasteiger partial charge in [-0.15, -0.1) is 0 Å². The topological polar surface area (TPSA) is 26.0 Å². The molecule has 2 N–H and O–H groups in total. The smallest absolute Gasteiger partial charge is 0.00733 e. The zero-order valence-electron chi connectivity index (χ0n) is 9.01. The van der Waals surface area contributed by atoms with E-state index in [2.05, 4.69) is 26.8 Å². The Morgan fingerprint density at radius 3 is 2.77 bits per heavy atom. The second-order valence-electron chi connectivity index (χ2n) is 4.41. The van der Waals surface area contributed by atoms with Crippen LogP contribution < -0.4 is 5.73 Å². The maximum absolute atomic E-state index is 5.42. The van der Waals surface area contributed by atoms with Crippen LogP contribution in [0.3, 0.4) is 0 Å². The molecule has 0 fully saturated rings. The highest BCUT2D eigenvalue weighted by molar-refractivity contribution is 5.19. The summed E-state index contributed by atoms with van der Waals surface area (Å²) in [6.07, 6.45) is 7.91. The molecule has 0 aromatic carbocycles. The maximum atomic E-state index is 5.42. The fraction of sp³-hybridized carbons (Fsp3) is 0.667. The van der Waals surface area contributed by atoms with Gasteiger partial charge in [0.15, 0.2) is 0 Å². The van der Waals surface area contributed by atoms with Crippen molar-refractivity contribution in [3.05, 3.63) is 23.4 Å². The van der Waals surface area contributed by atoms with E-state index in [9.17, 15) is 0 Å². The molecule has 0 aromatic heterocycles. The first-order valence-corrected chi connectivity index (χ1v) is 5.21. The molecular weight excluding hydrogens is 158 g/mol. The highest BCUT2D eigenvalue weighted by atomic mass is 14.5. The molecule has 0 amide bonds. The summed E-state index contributed by atoms with van der Waals surface area (Å²) in [6.45, 7) is 6.64. The minimum Gasteiger partial charge on any atom is -0.405 e. The standard InChI is InChI=1S/C12H21N/c1-9(2)12-6-11(7-12)5-4-10(3)8-13/h6,8-9,11H,4-5,7,13H2,1-3H3/b10-8+. The zero-order valence-corrected chi connectivity index (χ0v) is 9.01. The van der Waals surface area contributed by atoms with Crippen LogP contribution in [0.5, 0.6) is 0 Å². The summed E-state index contributed by atoms with van der Waals surface area (Å²) < 4.78 is 0. The van der Waals surface area contributed by atoms with Crippen molar-refractivity contribution in [1.82, 2.24) is 0 Å². The molecule has 13 heavy (non-hydrogen) atoms. The van der Waals surface area contributed by atoms with Gasteiger partial charge in [0.25, 0.3) is 0 Å². The summed E-state index contributed by atoms with van der Waals surface area (Å²) in [7, 11) is 0. The molecule has 1 atom stereocenters. The lowest BCUT2D eigenvalue weighted by Crippen LogP contribution is -2.14. The molecule has 0 saturated carbocycles. The van der Waals surface area contributed by atoms with E-state index in [4.69, 9.17) is 5.73 Å². The van der Waals surface area contributed by atoms with E-state index in [1.165, 1.54) is 18.4 Å². The molecule has 1 unspecified atom stereocenters. The van der Waals surface area contributed by atoms with Crippen LogP contribution in [0.1, 0.15) is 40.0 Å². The Hall–Kier alpha value is -0.720. The number of allylic oxidation sites excluding steroid dienone is 3. The van der Waals surface area contributed by atoms with Gasteiger partial charge in [-0.3, -0.25) is 0 Å². The highest BCUT2D eigenvalue weighted by Gasteiger charge is 2.20. The van der Waals surface area contributed by atoms with Crippen molar-refractivity contribution in [2.75, 3.05) is 0 Å². The van der Waals surface area contributed by atoms with Gasteiger partial charge in [-0.05, 0) is 44.2 Å². The molecule has 1 heteroatoms. The third kappa shape index (κ3) is 2.91. The Kier molecular flexibility index (Phi) is 3.58. The van der Waals surface area contributed by atoms with E-state index in [0.717, 1.165) is 18.3 Å². The van der Waals surface area contributed by atoms with Crippen molar-refractivity contribution in [3.8, 4) is 0 Å². The highest BCUT2D eigenvalue weighted by Crippen LogP contribution is 2.34. The van der Waals surface area contributed by atoms with Crippen LogP contribution in [0, 0.1) is 11.8 Å². The number of hydrogen-bond donors (Lipinski definition) is 1. The quantitative estimate of drug-likeness (QED) is 0.659. The fourth-order valence-corrected chi connectivity index (χ4v) is 1.68. The molecule has 0 aliphatic heterocycles. The number of nitrogens with two attached hydrogens (primary N) is 1. The lowest BCUT2D eigenvalue weighted by Gasteiger charge is -2.28. The van der Waals surface area contributed by atoms with Crippen LogP contribution >= 0.6 is 0 Å². The van der Waals surface area contributed by atoms with E-state index < -0.39 is 0 Å². The van der Waals surface area contributed by atoms with Crippen LogP contribution in [-0.4, -0.2) is 0 Å². The average Bonchev–Trinajstić information content (AvgIpc) is 2.00. The second kappa shape index (κ2) is 4.50. The summed E-state index contributed by atoms with van der Waals surface area (Å²) >= 11 is 0. The van der Waals surface area contributed by atoms with Crippen LogP contribution in [0.15, 0.2) is 23.4 Å². The molecule has 0 heterocycles. The molecule has 0 bridgehead atoms. The van der Waals surface area contributed by atoms with Crippen molar-refractivity contribution in [2.45, 2.75) is 40.0 Å². The Labute approximate surface area is 81.7 Å². The normalized spacial score (nSPS) is 22.9. The Morgan fingerprint density at radius 2 is 2.31 bits per heavy atom. The maximum Gasteiger partial charge on any atom is -0.00733 e. The lowest BCUT2D eigenvalue weighted by molar-refractivity contribution is 0.486. The molecule has 0 aromatic rings. The first-order chi connectivity index (χ1) is 6.13. The molecule has 74 valence electrons. The van der Waals surface area contributed by atoms with E-state index >= 15 is 0 Å². The van der Waals surface area contributed by atoms with Crippen LogP contribution in [-0.2, 0) is 0 Å². The molecule has 1 aliphatic rings. The largest absolute Gasteiger partial charge is 0.405 e. The number of rotatable bonds is 4. The van der Waals surface area contributed by atoms with Crippen LogP contribution in [0.25, 0.3) is 0 Å². The zero-order chi connectivity index (χ0) is 9.84. The van der Waals surface area contributed by atoms with Crippen molar-refractivity contribution >= 4 is 0 Å². The minimum atomic E-state index is 0.752. The van der Waals surface area contributed by atoms with E-state index in [-0.39, 0.29) is 0 Å². The average molecular weight is 179 g/mol. The molecule has 1 nitrogen and oxygen atoms in total. The third-order valence-electron chi connectivity index (χ3n) is 2.88. The summed E-state index contributed by atoms with van der Waals surface area (Å²) in [4.78, 5) is 0. The minimum absolute atomic E-state index is 0.752. The second-order valence-corrected chi connectivity index (χ2v) is 4.41. The van der Waals surface area contributed by atoms with Gasteiger partial charge in [-0.2, -0.15) is 0 Å². The molecular formula is C12H21N. The molecule has 1 rings (SSSR count). The Bertz CT molecular complexity index is 223. The molecule has 0 spiro atoms. The van der Waals surface area contributed by atoms with Crippen LogP contribution in [0.2, 0.25) is 0 Å². The first kappa shape index (κ1) is 10.4. The SMILES string of the molecule is C/C(=C\N)CCC1C=C(C(C)C)C1. The Balaban J connectivity index is 2.22. The van der Waals surface area contributed by atoms with Gasteiger partial charge >= 0.3 is 0 Å². The van der Waals surface area contributed by atoms with Gasteiger partial charge in [0.2, 0.25) is 0 Å². The fourth-order valence-electron chi connectivity index (χ4n) is 1.68.